The minimum absolute atomic E-state index is 0.0685. The number of fused-ring (bicyclic) bond motifs is 1. The van der Waals surface area contributed by atoms with E-state index in [4.69, 9.17) is 20.6 Å². The van der Waals surface area contributed by atoms with Crippen molar-refractivity contribution in [3.63, 3.8) is 0 Å². The Hall–Kier alpha value is -4.61. The molecule has 3 aromatic rings. The molecular formula is C25H21F3N6O3. The van der Waals surface area contributed by atoms with Crippen molar-refractivity contribution in [3.8, 4) is 22.9 Å². The molecule has 0 bridgehead atoms. The van der Waals surface area contributed by atoms with Gasteiger partial charge in [0.2, 0.25) is 6.10 Å². The van der Waals surface area contributed by atoms with E-state index in [1.807, 2.05) is 0 Å². The summed E-state index contributed by atoms with van der Waals surface area (Å²) in [5.41, 5.74) is 7.78. The fraction of sp³-hybridized carbons (Fsp3) is 0.200. The molecule has 9 nitrogen and oxygen atoms in total. The van der Waals surface area contributed by atoms with Crippen LogP contribution in [-0.2, 0) is 4.79 Å². The molecule has 1 saturated heterocycles. The van der Waals surface area contributed by atoms with Crippen LogP contribution >= 0.6 is 0 Å². The van der Waals surface area contributed by atoms with Gasteiger partial charge in [-0.25, -0.2) is 23.1 Å². The second-order valence-corrected chi connectivity index (χ2v) is 8.49. The van der Waals surface area contributed by atoms with Crippen molar-refractivity contribution < 1.29 is 27.4 Å². The number of allylic oxidation sites excluding steroid dienone is 1. The average molecular weight is 510 g/mol. The van der Waals surface area contributed by atoms with Crippen molar-refractivity contribution in [1.82, 2.24) is 14.9 Å². The second-order valence-electron chi connectivity index (χ2n) is 8.49. The van der Waals surface area contributed by atoms with Gasteiger partial charge >= 0.3 is 0 Å². The van der Waals surface area contributed by atoms with E-state index in [9.17, 15) is 18.0 Å². The molecule has 190 valence electrons. The number of carbonyl (C=O) groups excluding carboxylic acids is 1. The van der Waals surface area contributed by atoms with Crippen LogP contribution in [0.5, 0.6) is 11.5 Å². The summed E-state index contributed by atoms with van der Waals surface area (Å²) in [6, 6.07) is 11.6. The normalized spacial score (nSPS) is 18.1. The van der Waals surface area contributed by atoms with E-state index in [-0.39, 0.29) is 24.0 Å². The quantitative estimate of drug-likeness (QED) is 0.433. The van der Waals surface area contributed by atoms with E-state index in [0.717, 1.165) is 22.9 Å². The number of carbonyl (C=O) groups is 1. The highest BCUT2D eigenvalue weighted by Gasteiger charge is 2.48. The Labute approximate surface area is 209 Å². The summed E-state index contributed by atoms with van der Waals surface area (Å²) in [7, 11) is 0. The zero-order valence-electron chi connectivity index (χ0n) is 19.2. The number of aromatic nitrogens is 2. The first-order valence-electron chi connectivity index (χ1n) is 11.2. The lowest BCUT2D eigenvalue weighted by atomic mass is 10.1. The lowest BCUT2D eigenvalue weighted by Crippen LogP contribution is -2.62. The van der Waals surface area contributed by atoms with Crippen LogP contribution in [0.4, 0.5) is 24.7 Å². The zero-order valence-corrected chi connectivity index (χ0v) is 19.2. The van der Waals surface area contributed by atoms with Crippen molar-refractivity contribution in [2.75, 3.05) is 25.0 Å². The van der Waals surface area contributed by atoms with Crippen LogP contribution in [0.25, 0.3) is 17.0 Å². The van der Waals surface area contributed by atoms with Gasteiger partial charge in [0, 0.05) is 29.2 Å². The molecule has 37 heavy (non-hydrogen) atoms. The van der Waals surface area contributed by atoms with Gasteiger partial charge in [0.1, 0.15) is 6.61 Å². The summed E-state index contributed by atoms with van der Waals surface area (Å²) in [6.45, 7) is -1.39. The Kier molecular flexibility index (Phi) is 6.15. The number of halogens is 3. The van der Waals surface area contributed by atoms with Crippen molar-refractivity contribution in [1.29, 1.82) is 5.41 Å². The smallest absolute Gasteiger partial charge is 0.282 e. The van der Waals surface area contributed by atoms with Gasteiger partial charge in [-0.3, -0.25) is 4.79 Å². The molecule has 2 aliphatic rings. The van der Waals surface area contributed by atoms with Gasteiger partial charge < -0.3 is 30.8 Å². The van der Waals surface area contributed by atoms with Gasteiger partial charge in [-0.2, -0.15) is 0 Å². The Morgan fingerprint density at radius 2 is 1.95 bits per heavy atom. The fourth-order valence-corrected chi connectivity index (χ4v) is 3.91. The van der Waals surface area contributed by atoms with Crippen molar-refractivity contribution in [2.24, 2.45) is 5.73 Å². The predicted octanol–water partition coefficient (Wildman–Crippen LogP) is 3.59. The molecule has 0 radical (unpaired) electrons. The van der Waals surface area contributed by atoms with E-state index in [1.165, 1.54) is 6.20 Å². The molecule has 0 aliphatic carbocycles. The molecule has 2 aliphatic heterocycles. The van der Waals surface area contributed by atoms with E-state index in [2.05, 4.69) is 15.3 Å². The van der Waals surface area contributed by atoms with Crippen molar-refractivity contribution >= 4 is 29.2 Å². The van der Waals surface area contributed by atoms with Gasteiger partial charge in [-0.1, -0.05) is 12.1 Å². The van der Waals surface area contributed by atoms with Crippen LogP contribution < -0.4 is 20.5 Å². The van der Waals surface area contributed by atoms with Gasteiger partial charge in [0.05, 0.1) is 19.3 Å². The maximum Gasteiger partial charge on any atom is 0.282 e. The van der Waals surface area contributed by atoms with Gasteiger partial charge in [-0.15, -0.1) is 0 Å². The van der Waals surface area contributed by atoms with Crippen LogP contribution in [0.2, 0.25) is 0 Å². The standard InChI is InChI=1S/C25H21F3N6O3/c26-18-10-31-22(33-23(18)32-17-4-1-14(2-5-17)16(8-29)9-30)15-3-6-19-20(7-15)37-21(11-36-19)24(35)34-12-25(27,28)13-34/h1-10,21,29H,11-13,30H2,(H,31,32,33). The fourth-order valence-electron chi connectivity index (χ4n) is 3.91. The van der Waals surface area contributed by atoms with Crippen LogP contribution in [-0.4, -0.2) is 58.7 Å². The second kappa shape index (κ2) is 9.45. The Bertz CT molecular complexity index is 1390. The Morgan fingerprint density at radius 3 is 2.62 bits per heavy atom. The maximum atomic E-state index is 14.5. The lowest BCUT2D eigenvalue weighted by Gasteiger charge is -2.40. The Balaban J connectivity index is 1.34. The van der Waals surface area contributed by atoms with Crippen LogP contribution in [0.3, 0.4) is 0 Å². The number of nitrogens with two attached hydrogens (primary N) is 1. The number of alkyl halides is 2. The summed E-state index contributed by atoms with van der Waals surface area (Å²) < 4.78 is 52.1. The first-order chi connectivity index (χ1) is 17.8. The lowest BCUT2D eigenvalue weighted by molar-refractivity contribution is -0.174. The third-order valence-electron chi connectivity index (χ3n) is 5.85. The molecule has 5 rings (SSSR count). The number of benzene rings is 2. The third kappa shape index (κ3) is 4.90. The number of rotatable bonds is 6. The molecule has 4 N–H and O–H groups in total. The zero-order chi connectivity index (χ0) is 26.2. The monoisotopic (exact) mass is 510 g/mol. The SMILES string of the molecule is N=CC(=CN)c1ccc(Nc2nc(-c3ccc4c(c3)OC(C(=O)N3CC(F)(F)C3)CO4)ncc2F)cc1. The van der Waals surface area contributed by atoms with E-state index in [0.29, 0.717) is 22.6 Å². The first kappa shape index (κ1) is 24.1. The maximum absolute atomic E-state index is 14.5. The highest BCUT2D eigenvalue weighted by Crippen LogP contribution is 2.37. The largest absolute Gasteiger partial charge is 0.485 e. The van der Waals surface area contributed by atoms with Gasteiger partial charge in [-0.05, 0) is 35.9 Å². The number of ether oxygens (including phenoxy) is 2. The van der Waals surface area contributed by atoms with Crippen molar-refractivity contribution in [2.45, 2.75) is 12.0 Å². The minimum atomic E-state index is -2.88. The number of nitrogens with one attached hydrogen (secondary N) is 2. The predicted molar refractivity (Wildman–Crippen MR) is 130 cm³/mol. The highest BCUT2D eigenvalue weighted by atomic mass is 19.3. The van der Waals surface area contributed by atoms with Crippen LogP contribution in [0.15, 0.2) is 54.9 Å². The highest BCUT2D eigenvalue weighted by molar-refractivity contribution is 6.08. The molecule has 1 atom stereocenters. The third-order valence-corrected chi connectivity index (χ3v) is 5.85. The van der Waals surface area contributed by atoms with Gasteiger partial charge in [0.25, 0.3) is 11.8 Å². The number of hydrogen-bond donors (Lipinski definition) is 3. The summed E-state index contributed by atoms with van der Waals surface area (Å²) in [5, 5.41) is 10.3. The molecule has 12 heteroatoms. The average Bonchev–Trinajstić information content (AvgIpc) is 2.89. The molecule has 1 unspecified atom stereocenters. The molecule has 1 fully saturated rings. The molecule has 0 spiro atoms. The minimum Gasteiger partial charge on any atom is -0.485 e. The van der Waals surface area contributed by atoms with Crippen LogP contribution in [0.1, 0.15) is 5.56 Å². The first-order valence-corrected chi connectivity index (χ1v) is 11.2. The molecule has 0 saturated carbocycles. The molecule has 3 heterocycles. The van der Waals surface area contributed by atoms with E-state index in [1.54, 1.807) is 42.5 Å². The summed E-state index contributed by atoms with van der Waals surface area (Å²) >= 11 is 0. The Morgan fingerprint density at radius 1 is 1.19 bits per heavy atom. The topological polar surface area (TPSA) is 126 Å². The number of nitrogens with zero attached hydrogens (tertiary/aromatic N) is 3. The van der Waals surface area contributed by atoms with Crippen molar-refractivity contribution in [3.05, 3.63) is 66.2 Å². The van der Waals surface area contributed by atoms with Crippen LogP contribution in [0, 0.1) is 11.2 Å². The molecule has 1 amide bonds. The number of anilines is 2. The number of likely N-dealkylation sites (tertiary alicyclic amines) is 1. The number of hydrogen-bond acceptors (Lipinski definition) is 8. The molecule has 1 aromatic heterocycles. The van der Waals surface area contributed by atoms with E-state index >= 15 is 0 Å². The van der Waals surface area contributed by atoms with E-state index < -0.39 is 36.8 Å². The molecular weight excluding hydrogens is 489 g/mol. The summed E-state index contributed by atoms with van der Waals surface area (Å²) in [5.74, 6) is -3.42. The summed E-state index contributed by atoms with van der Waals surface area (Å²) in [6.07, 6.45) is 2.42. The number of amides is 1. The summed E-state index contributed by atoms with van der Waals surface area (Å²) in [4.78, 5) is 21.8. The molecule has 2 aromatic carbocycles. The van der Waals surface area contributed by atoms with Gasteiger partial charge in [0.15, 0.2) is 29.0 Å².